The van der Waals surface area contributed by atoms with Gasteiger partial charge in [-0.1, -0.05) is 37.4 Å². The van der Waals surface area contributed by atoms with E-state index in [0.717, 1.165) is 24.3 Å². The van der Waals surface area contributed by atoms with E-state index in [1.54, 1.807) is 13.8 Å². The van der Waals surface area contributed by atoms with Gasteiger partial charge < -0.3 is 0 Å². The van der Waals surface area contributed by atoms with Crippen molar-refractivity contribution in [3.8, 4) is 0 Å². The van der Waals surface area contributed by atoms with Crippen LogP contribution in [0.2, 0.25) is 0 Å². The molecule has 2 atom stereocenters. The molecule has 0 aliphatic rings. The first-order valence-corrected chi connectivity index (χ1v) is 7.65. The van der Waals surface area contributed by atoms with Crippen molar-refractivity contribution in [1.82, 2.24) is 0 Å². The van der Waals surface area contributed by atoms with Crippen molar-refractivity contribution < 1.29 is 9.59 Å². The molecule has 0 amide bonds. The molecule has 4 heteroatoms. The molecular weight excluding hydrogens is 240 g/mol. The van der Waals surface area contributed by atoms with Crippen LogP contribution in [0.15, 0.2) is 0 Å². The predicted octanol–water partition coefficient (Wildman–Crippen LogP) is 3.60. The van der Waals surface area contributed by atoms with Crippen molar-refractivity contribution in [3.63, 3.8) is 0 Å². The van der Waals surface area contributed by atoms with E-state index in [4.69, 9.17) is 0 Å². The summed E-state index contributed by atoms with van der Waals surface area (Å²) in [6, 6.07) is 0. The van der Waals surface area contributed by atoms with E-state index < -0.39 is 0 Å². The zero-order chi connectivity index (χ0) is 12.6. The third-order valence-electron chi connectivity index (χ3n) is 2.29. The molecule has 0 aromatic carbocycles. The normalized spacial score (nSPS) is 14.5. The number of carbonyl (C=O) groups excluding carboxylic acids is 2. The van der Waals surface area contributed by atoms with E-state index >= 15 is 0 Å². The lowest BCUT2D eigenvalue weighted by atomic mass is 10.0. The number of rotatable bonds is 7. The van der Waals surface area contributed by atoms with E-state index in [2.05, 4.69) is 13.8 Å². The van der Waals surface area contributed by atoms with E-state index in [9.17, 15) is 9.59 Å². The maximum atomic E-state index is 10.8. The zero-order valence-corrected chi connectivity index (χ0v) is 12.2. The van der Waals surface area contributed by atoms with Crippen LogP contribution in [0.25, 0.3) is 0 Å². The summed E-state index contributed by atoms with van der Waals surface area (Å²) < 4.78 is 0. The number of thioether (sulfide) groups is 2. The van der Waals surface area contributed by atoms with Gasteiger partial charge in [0.05, 0.1) is 0 Å². The van der Waals surface area contributed by atoms with Gasteiger partial charge in [0.25, 0.3) is 0 Å². The van der Waals surface area contributed by atoms with E-state index in [-0.39, 0.29) is 10.2 Å². The minimum Gasteiger partial charge on any atom is -0.288 e. The summed E-state index contributed by atoms with van der Waals surface area (Å²) in [6.07, 6.45) is 2.28. The van der Waals surface area contributed by atoms with Crippen LogP contribution in [0.5, 0.6) is 0 Å². The van der Waals surface area contributed by atoms with Crippen LogP contribution in [0, 0.1) is 11.8 Å². The molecule has 0 aromatic heterocycles. The van der Waals surface area contributed by atoms with Crippen LogP contribution in [0.3, 0.4) is 0 Å². The number of hydrogen-bond donors (Lipinski definition) is 0. The molecule has 16 heavy (non-hydrogen) atoms. The summed E-state index contributed by atoms with van der Waals surface area (Å²) in [7, 11) is 0. The topological polar surface area (TPSA) is 34.1 Å². The van der Waals surface area contributed by atoms with Gasteiger partial charge in [-0.25, -0.2) is 0 Å². The van der Waals surface area contributed by atoms with Gasteiger partial charge in [-0.2, -0.15) is 0 Å². The Kier molecular flexibility index (Phi) is 9.13. The average Bonchev–Trinajstić information content (AvgIpc) is 2.20. The largest absolute Gasteiger partial charge is 0.288 e. The Hall–Kier alpha value is 0.0400. The van der Waals surface area contributed by atoms with Crippen LogP contribution >= 0.6 is 23.5 Å². The third-order valence-corrected chi connectivity index (χ3v) is 4.58. The second-order valence-electron chi connectivity index (χ2n) is 4.39. The highest BCUT2D eigenvalue weighted by atomic mass is 32.2. The molecule has 0 saturated heterocycles. The fourth-order valence-electron chi connectivity index (χ4n) is 1.25. The quantitative estimate of drug-likeness (QED) is 0.702. The molecule has 0 saturated carbocycles. The molecule has 0 aromatic rings. The van der Waals surface area contributed by atoms with Crippen molar-refractivity contribution >= 4 is 33.8 Å². The van der Waals surface area contributed by atoms with E-state index in [1.807, 2.05) is 0 Å². The lowest BCUT2D eigenvalue weighted by molar-refractivity contribution is -0.109. The Morgan fingerprint density at radius 1 is 0.875 bits per heavy atom. The third kappa shape index (κ3) is 10.6. The predicted molar refractivity (Wildman–Crippen MR) is 73.8 cm³/mol. The molecule has 0 heterocycles. The van der Waals surface area contributed by atoms with Crippen LogP contribution < -0.4 is 0 Å². The minimum absolute atomic E-state index is 0.201. The lowest BCUT2D eigenvalue weighted by Gasteiger charge is -2.13. The van der Waals surface area contributed by atoms with Gasteiger partial charge >= 0.3 is 0 Å². The van der Waals surface area contributed by atoms with Crippen LogP contribution in [0.1, 0.15) is 40.5 Å². The van der Waals surface area contributed by atoms with Crippen molar-refractivity contribution in [2.75, 3.05) is 11.5 Å². The molecule has 2 unspecified atom stereocenters. The Labute approximate surface area is 107 Å². The van der Waals surface area contributed by atoms with Gasteiger partial charge in [0.1, 0.15) is 0 Å². The molecule has 0 aliphatic carbocycles. The average molecular weight is 262 g/mol. The van der Waals surface area contributed by atoms with Crippen molar-refractivity contribution in [3.05, 3.63) is 0 Å². The van der Waals surface area contributed by atoms with Crippen LogP contribution in [-0.4, -0.2) is 21.7 Å². The SMILES string of the molecule is CC(=O)SCC(C)CCC(C)CSC(C)=O. The minimum atomic E-state index is 0.201. The van der Waals surface area contributed by atoms with Crippen molar-refractivity contribution in [1.29, 1.82) is 0 Å². The highest BCUT2D eigenvalue weighted by Gasteiger charge is 2.09. The van der Waals surface area contributed by atoms with Gasteiger partial charge in [0.15, 0.2) is 10.2 Å². The maximum absolute atomic E-state index is 10.8. The Morgan fingerprint density at radius 3 is 1.44 bits per heavy atom. The first-order chi connectivity index (χ1) is 7.41. The van der Waals surface area contributed by atoms with Gasteiger partial charge in [-0.3, -0.25) is 9.59 Å². The molecule has 0 radical (unpaired) electrons. The summed E-state index contributed by atoms with van der Waals surface area (Å²) in [5.74, 6) is 3.00. The lowest BCUT2D eigenvalue weighted by Crippen LogP contribution is -2.06. The fourth-order valence-corrected chi connectivity index (χ4v) is 2.63. The van der Waals surface area contributed by atoms with Gasteiger partial charge in [0.2, 0.25) is 0 Å². The Balaban J connectivity index is 3.54. The number of hydrogen-bond acceptors (Lipinski definition) is 4. The van der Waals surface area contributed by atoms with Gasteiger partial charge in [-0.15, -0.1) is 0 Å². The molecule has 0 bridgehead atoms. The Bertz CT molecular complexity index is 205. The smallest absolute Gasteiger partial charge is 0.185 e. The maximum Gasteiger partial charge on any atom is 0.185 e. The van der Waals surface area contributed by atoms with Crippen molar-refractivity contribution in [2.45, 2.75) is 40.5 Å². The molecule has 94 valence electrons. The highest BCUT2D eigenvalue weighted by Crippen LogP contribution is 2.20. The van der Waals surface area contributed by atoms with E-state index in [1.165, 1.54) is 23.5 Å². The molecular formula is C12H22O2S2. The molecule has 2 nitrogen and oxygen atoms in total. The monoisotopic (exact) mass is 262 g/mol. The molecule has 0 spiro atoms. The second-order valence-corrected chi connectivity index (χ2v) is 6.79. The summed E-state index contributed by atoms with van der Waals surface area (Å²) in [5, 5.41) is 0.402. The van der Waals surface area contributed by atoms with E-state index in [0.29, 0.717) is 11.8 Å². The summed E-state index contributed by atoms with van der Waals surface area (Å²) >= 11 is 2.82. The molecule has 0 aliphatic heterocycles. The highest BCUT2D eigenvalue weighted by molar-refractivity contribution is 8.13. The molecule has 0 N–H and O–H groups in total. The van der Waals surface area contributed by atoms with Gasteiger partial charge in [0, 0.05) is 25.4 Å². The summed E-state index contributed by atoms with van der Waals surface area (Å²) in [5.41, 5.74) is 0. The zero-order valence-electron chi connectivity index (χ0n) is 10.6. The second kappa shape index (κ2) is 9.11. The summed E-state index contributed by atoms with van der Waals surface area (Å²) in [6.45, 7) is 7.59. The molecule has 0 fully saturated rings. The van der Waals surface area contributed by atoms with Gasteiger partial charge in [-0.05, 0) is 24.7 Å². The first kappa shape index (κ1) is 16.0. The van der Waals surface area contributed by atoms with Crippen molar-refractivity contribution in [2.24, 2.45) is 11.8 Å². The fraction of sp³-hybridized carbons (Fsp3) is 0.833. The van der Waals surface area contributed by atoms with Crippen LogP contribution in [0.4, 0.5) is 0 Å². The first-order valence-electron chi connectivity index (χ1n) is 5.68. The van der Waals surface area contributed by atoms with Crippen LogP contribution in [-0.2, 0) is 9.59 Å². The molecule has 0 rings (SSSR count). The number of carbonyl (C=O) groups is 2. The Morgan fingerprint density at radius 2 is 1.19 bits per heavy atom. The summed E-state index contributed by atoms with van der Waals surface area (Å²) in [4.78, 5) is 21.6. The standard InChI is InChI=1S/C12H22O2S2/c1-9(7-15-11(3)13)5-6-10(2)8-16-12(4)14/h9-10H,5-8H2,1-4H3.